The van der Waals surface area contributed by atoms with Gasteiger partial charge in [-0.05, 0) is 94.7 Å². The fourth-order valence-electron chi connectivity index (χ4n) is 4.28. The van der Waals surface area contributed by atoms with E-state index < -0.39 is 23.8 Å². The molecule has 0 spiro atoms. The number of carbonyl (C=O) groups excluding carboxylic acids is 3. The van der Waals surface area contributed by atoms with Crippen molar-refractivity contribution >= 4 is 35.4 Å². The molecule has 0 fully saturated rings. The third-order valence-electron chi connectivity index (χ3n) is 6.13. The Morgan fingerprint density at radius 2 is 1.46 bits per heavy atom. The van der Waals surface area contributed by atoms with Gasteiger partial charge in [-0.3, -0.25) is 9.59 Å². The minimum Gasteiger partial charge on any atom is -0.444 e. The molecule has 0 saturated carbocycles. The van der Waals surface area contributed by atoms with E-state index in [2.05, 4.69) is 10.6 Å². The van der Waals surface area contributed by atoms with E-state index in [9.17, 15) is 14.4 Å². The maximum absolute atomic E-state index is 13.9. The number of aryl methyl sites for hydroxylation is 4. The van der Waals surface area contributed by atoms with Crippen molar-refractivity contribution < 1.29 is 19.1 Å². The van der Waals surface area contributed by atoms with Gasteiger partial charge in [0.15, 0.2) is 0 Å². The van der Waals surface area contributed by atoms with E-state index >= 15 is 0 Å². The van der Waals surface area contributed by atoms with Crippen LogP contribution in [0.4, 0.5) is 10.5 Å². The molecule has 2 rings (SSSR count). The lowest BCUT2D eigenvalue weighted by Gasteiger charge is -2.33. The van der Waals surface area contributed by atoms with Gasteiger partial charge >= 0.3 is 6.09 Å². The molecular weight excluding hydrogens is 486 g/mol. The molecule has 2 aromatic rings. The minimum absolute atomic E-state index is 0.313. The summed E-state index contributed by atoms with van der Waals surface area (Å²) >= 11 is 1.58. The van der Waals surface area contributed by atoms with Crippen LogP contribution >= 0.6 is 11.8 Å². The van der Waals surface area contributed by atoms with Gasteiger partial charge in [-0.25, -0.2) is 4.79 Å². The Labute approximate surface area is 225 Å². The smallest absolute Gasteiger partial charge is 0.408 e. The molecule has 2 aromatic carbocycles. The van der Waals surface area contributed by atoms with Crippen LogP contribution in [0.2, 0.25) is 0 Å². The van der Waals surface area contributed by atoms with E-state index in [4.69, 9.17) is 4.74 Å². The predicted octanol–water partition coefficient (Wildman–Crippen LogP) is 5.70. The zero-order valence-electron chi connectivity index (χ0n) is 23.5. The molecule has 37 heavy (non-hydrogen) atoms. The van der Waals surface area contributed by atoms with Gasteiger partial charge in [0.1, 0.15) is 17.7 Å². The van der Waals surface area contributed by atoms with E-state index in [1.54, 1.807) is 39.6 Å². The van der Waals surface area contributed by atoms with E-state index in [1.807, 2.05) is 70.3 Å². The monoisotopic (exact) mass is 527 g/mol. The summed E-state index contributed by atoms with van der Waals surface area (Å²) in [7, 11) is 1.62. The molecule has 2 atom stereocenters. The van der Waals surface area contributed by atoms with Crippen LogP contribution in [-0.2, 0) is 14.3 Å². The van der Waals surface area contributed by atoms with Gasteiger partial charge in [-0.15, -0.1) is 0 Å². The van der Waals surface area contributed by atoms with Gasteiger partial charge in [-0.2, -0.15) is 11.8 Å². The quantitative estimate of drug-likeness (QED) is 0.436. The Hall–Kier alpha value is -3.00. The number of amides is 3. The van der Waals surface area contributed by atoms with Gasteiger partial charge in [-0.1, -0.05) is 36.4 Å². The number of likely N-dealkylation sites (N-methyl/N-ethyl adjacent to an activating group) is 1. The van der Waals surface area contributed by atoms with Crippen molar-refractivity contribution in [2.24, 2.45) is 0 Å². The highest BCUT2D eigenvalue weighted by Crippen LogP contribution is 2.30. The average Bonchev–Trinajstić information content (AvgIpc) is 2.79. The molecule has 0 bridgehead atoms. The summed E-state index contributed by atoms with van der Waals surface area (Å²) < 4.78 is 5.41. The first-order valence-electron chi connectivity index (χ1n) is 12.4. The number of thioether (sulfide) groups is 1. The highest BCUT2D eigenvalue weighted by atomic mass is 32.2. The largest absolute Gasteiger partial charge is 0.444 e. The van der Waals surface area contributed by atoms with Crippen molar-refractivity contribution in [3.05, 3.63) is 64.2 Å². The third-order valence-corrected chi connectivity index (χ3v) is 6.77. The number of hydrogen-bond acceptors (Lipinski definition) is 5. The molecule has 202 valence electrons. The fourth-order valence-corrected chi connectivity index (χ4v) is 4.75. The summed E-state index contributed by atoms with van der Waals surface area (Å²) in [6.45, 7) is 13.1. The number of alkyl carbamates (subject to hydrolysis) is 1. The summed E-state index contributed by atoms with van der Waals surface area (Å²) in [5.41, 5.74) is 4.48. The van der Waals surface area contributed by atoms with Crippen LogP contribution in [0.1, 0.15) is 61.1 Å². The highest BCUT2D eigenvalue weighted by molar-refractivity contribution is 7.98. The standard InChI is InChI=1S/C29H41N3O4S/c1-18-12-10-13-19(2)23(18)25(26(33)31-24-20(3)14-11-15-21(24)4)32(8)27(34)22(16-17-37-9)30-28(35)36-29(5,6)7/h10-15,22,25H,16-17H2,1-9H3,(H,30,35)(H,31,33). The number of carbonyl (C=O) groups is 3. The van der Waals surface area contributed by atoms with E-state index in [0.29, 0.717) is 12.2 Å². The fraction of sp³-hybridized carbons (Fsp3) is 0.483. The second-order valence-electron chi connectivity index (χ2n) is 10.4. The third kappa shape index (κ3) is 8.25. The summed E-state index contributed by atoms with van der Waals surface area (Å²) in [4.78, 5) is 41.8. The molecule has 0 radical (unpaired) electrons. The first-order chi connectivity index (χ1) is 17.3. The highest BCUT2D eigenvalue weighted by Gasteiger charge is 2.35. The van der Waals surface area contributed by atoms with Crippen LogP contribution in [0.25, 0.3) is 0 Å². The van der Waals surface area contributed by atoms with Crippen molar-refractivity contribution in [1.29, 1.82) is 0 Å². The zero-order valence-corrected chi connectivity index (χ0v) is 24.3. The number of nitrogens with zero attached hydrogens (tertiary/aromatic N) is 1. The van der Waals surface area contributed by atoms with Crippen molar-refractivity contribution in [2.75, 3.05) is 24.4 Å². The first-order valence-corrected chi connectivity index (χ1v) is 13.8. The van der Waals surface area contributed by atoms with Crippen molar-refractivity contribution in [2.45, 2.75) is 72.6 Å². The van der Waals surface area contributed by atoms with Crippen LogP contribution < -0.4 is 10.6 Å². The summed E-state index contributed by atoms with van der Waals surface area (Å²) in [6, 6.07) is 9.88. The Balaban J connectivity index is 2.48. The van der Waals surface area contributed by atoms with E-state index in [-0.39, 0.29) is 11.8 Å². The lowest BCUT2D eigenvalue weighted by atomic mass is 9.93. The zero-order chi connectivity index (χ0) is 27.9. The topological polar surface area (TPSA) is 87.7 Å². The SMILES string of the molecule is CSCCC(NC(=O)OC(C)(C)C)C(=O)N(C)C(C(=O)Nc1c(C)cccc1C)c1c(C)cccc1C. The second-order valence-corrected chi connectivity index (χ2v) is 11.4. The average molecular weight is 528 g/mol. The maximum atomic E-state index is 13.9. The molecule has 0 aromatic heterocycles. The minimum atomic E-state index is -0.898. The van der Waals surface area contributed by atoms with Crippen molar-refractivity contribution in [3.63, 3.8) is 0 Å². The van der Waals surface area contributed by atoms with Crippen LogP contribution in [-0.4, -0.2) is 53.5 Å². The van der Waals surface area contributed by atoms with Gasteiger partial charge in [0, 0.05) is 12.7 Å². The number of benzene rings is 2. The van der Waals surface area contributed by atoms with Crippen LogP contribution in [0.3, 0.4) is 0 Å². The van der Waals surface area contributed by atoms with Gasteiger partial charge < -0.3 is 20.3 Å². The Morgan fingerprint density at radius 1 is 0.946 bits per heavy atom. The van der Waals surface area contributed by atoms with Crippen molar-refractivity contribution in [3.8, 4) is 0 Å². The van der Waals surface area contributed by atoms with Gasteiger partial charge in [0.25, 0.3) is 5.91 Å². The molecule has 0 aliphatic heterocycles. The lowest BCUT2D eigenvalue weighted by molar-refractivity contribution is -0.139. The molecule has 0 aliphatic carbocycles. The number of anilines is 1. The van der Waals surface area contributed by atoms with E-state index in [0.717, 1.165) is 33.5 Å². The first kappa shape index (κ1) is 30.2. The molecule has 7 nitrogen and oxygen atoms in total. The molecule has 3 amide bonds. The normalized spacial score (nSPS) is 12.9. The molecule has 2 N–H and O–H groups in total. The second kappa shape index (κ2) is 13.0. The molecule has 0 saturated heterocycles. The van der Waals surface area contributed by atoms with E-state index in [1.165, 1.54) is 4.90 Å². The number of rotatable bonds is 9. The van der Waals surface area contributed by atoms with Crippen LogP contribution in [0.15, 0.2) is 36.4 Å². The summed E-state index contributed by atoms with van der Waals surface area (Å²) in [5.74, 6) is -0.0151. The van der Waals surface area contributed by atoms with Gasteiger partial charge in [0.2, 0.25) is 5.91 Å². The number of ether oxygens (including phenoxy) is 1. The molecule has 0 heterocycles. The Bertz CT molecular complexity index is 1090. The van der Waals surface area contributed by atoms with Crippen LogP contribution in [0, 0.1) is 27.7 Å². The Morgan fingerprint density at radius 3 is 1.95 bits per heavy atom. The summed E-state index contributed by atoms with van der Waals surface area (Å²) in [6.07, 6.45) is 1.68. The van der Waals surface area contributed by atoms with Gasteiger partial charge in [0.05, 0.1) is 0 Å². The van der Waals surface area contributed by atoms with Crippen LogP contribution in [0.5, 0.6) is 0 Å². The Kier molecular flexibility index (Phi) is 10.6. The predicted molar refractivity (Wildman–Crippen MR) is 152 cm³/mol. The number of para-hydroxylation sites is 1. The van der Waals surface area contributed by atoms with Crippen molar-refractivity contribution in [1.82, 2.24) is 10.2 Å². The maximum Gasteiger partial charge on any atom is 0.408 e. The molecule has 8 heteroatoms. The lowest BCUT2D eigenvalue weighted by Crippen LogP contribution is -2.51. The number of nitrogens with one attached hydrogen (secondary N) is 2. The molecule has 2 unspecified atom stereocenters. The summed E-state index contributed by atoms with van der Waals surface area (Å²) in [5, 5.41) is 5.81. The number of hydrogen-bond donors (Lipinski definition) is 2. The molecule has 0 aliphatic rings. The molecular formula is C29H41N3O4S.